The predicted octanol–water partition coefficient (Wildman–Crippen LogP) is 1.97. The van der Waals surface area contributed by atoms with E-state index in [9.17, 15) is 18.8 Å². The lowest BCUT2D eigenvalue weighted by Gasteiger charge is -2.36. The number of likely N-dealkylation sites (tertiary alicyclic amines) is 1. The first-order valence-corrected chi connectivity index (χ1v) is 11.5. The molecule has 0 unspecified atom stereocenters. The van der Waals surface area contributed by atoms with Crippen LogP contribution in [-0.2, 0) is 9.53 Å². The van der Waals surface area contributed by atoms with Crippen LogP contribution in [0.3, 0.4) is 0 Å². The van der Waals surface area contributed by atoms with Crippen LogP contribution in [0.5, 0.6) is 11.5 Å². The highest BCUT2D eigenvalue weighted by Crippen LogP contribution is 2.32. The van der Waals surface area contributed by atoms with Crippen LogP contribution < -0.4 is 20.1 Å². The lowest BCUT2D eigenvalue weighted by molar-refractivity contribution is -0.124. The van der Waals surface area contributed by atoms with Crippen LogP contribution in [-0.4, -0.2) is 68.8 Å². The molecule has 2 aromatic rings. The lowest BCUT2D eigenvalue weighted by Crippen LogP contribution is -2.54. The van der Waals surface area contributed by atoms with E-state index in [0.717, 1.165) is 0 Å². The summed E-state index contributed by atoms with van der Waals surface area (Å²) < 4.78 is 29.2. The Morgan fingerprint density at radius 2 is 1.86 bits per heavy atom. The highest BCUT2D eigenvalue weighted by atomic mass is 19.1. The molecule has 0 bridgehead atoms. The summed E-state index contributed by atoms with van der Waals surface area (Å²) >= 11 is 0. The Bertz CT molecular complexity index is 1090. The van der Waals surface area contributed by atoms with Crippen molar-refractivity contribution >= 4 is 17.7 Å². The number of nitrogens with one attached hydrogen (secondary N) is 2. The summed E-state index contributed by atoms with van der Waals surface area (Å²) in [5.74, 6) is -0.599. The van der Waals surface area contributed by atoms with Gasteiger partial charge in [-0.05, 0) is 55.2 Å². The first kappa shape index (κ1) is 24.5. The number of rotatable bonds is 8. The number of methoxy groups -OCH3 is 1. The highest BCUT2D eigenvalue weighted by molar-refractivity contribution is 5.98. The molecule has 2 N–H and O–H groups in total. The second-order valence-electron chi connectivity index (χ2n) is 8.44. The van der Waals surface area contributed by atoms with Crippen LogP contribution in [0.2, 0.25) is 0 Å². The van der Waals surface area contributed by atoms with Gasteiger partial charge in [0.1, 0.15) is 11.9 Å². The van der Waals surface area contributed by atoms with Gasteiger partial charge in [0.05, 0.1) is 6.61 Å². The summed E-state index contributed by atoms with van der Waals surface area (Å²) in [6.45, 7) is 1.53. The Morgan fingerprint density at radius 1 is 1.09 bits per heavy atom. The minimum atomic E-state index is -0.795. The lowest BCUT2D eigenvalue weighted by atomic mass is 9.88. The van der Waals surface area contributed by atoms with Crippen molar-refractivity contribution in [3.05, 3.63) is 59.4 Å². The van der Waals surface area contributed by atoms with Gasteiger partial charge in [-0.3, -0.25) is 14.4 Å². The van der Waals surface area contributed by atoms with Crippen LogP contribution >= 0.6 is 0 Å². The van der Waals surface area contributed by atoms with Crippen molar-refractivity contribution in [3.63, 3.8) is 0 Å². The van der Waals surface area contributed by atoms with E-state index in [1.807, 2.05) is 0 Å². The Morgan fingerprint density at radius 3 is 2.60 bits per heavy atom. The molecule has 4 rings (SSSR count). The summed E-state index contributed by atoms with van der Waals surface area (Å²) in [5, 5.41) is 5.66. The van der Waals surface area contributed by atoms with E-state index < -0.39 is 17.8 Å². The van der Waals surface area contributed by atoms with Crippen LogP contribution in [0, 0.1) is 11.7 Å². The largest absolute Gasteiger partial charge is 0.454 e. The van der Waals surface area contributed by atoms with Crippen molar-refractivity contribution < 1.29 is 33.0 Å². The zero-order valence-electron chi connectivity index (χ0n) is 19.4. The summed E-state index contributed by atoms with van der Waals surface area (Å²) in [6, 6.07) is 9.64. The third kappa shape index (κ3) is 5.89. The molecule has 186 valence electrons. The molecule has 0 saturated carbocycles. The average Bonchev–Trinajstić information content (AvgIpc) is 3.35. The van der Waals surface area contributed by atoms with Gasteiger partial charge in [-0.1, -0.05) is 6.07 Å². The van der Waals surface area contributed by atoms with Crippen molar-refractivity contribution in [3.8, 4) is 11.5 Å². The van der Waals surface area contributed by atoms with E-state index in [1.54, 1.807) is 29.2 Å². The van der Waals surface area contributed by atoms with Crippen molar-refractivity contribution in [1.82, 2.24) is 15.5 Å². The van der Waals surface area contributed by atoms with Gasteiger partial charge in [0.2, 0.25) is 12.7 Å². The van der Waals surface area contributed by atoms with E-state index in [1.165, 1.54) is 25.3 Å². The maximum atomic E-state index is 13.5. The molecule has 10 heteroatoms. The number of nitrogens with zero attached hydrogens (tertiary/aromatic N) is 1. The molecule has 2 aliphatic heterocycles. The van der Waals surface area contributed by atoms with Gasteiger partial charge in [-0.25, -0.2) is 4.39 Å². The quantitative estimate of drug-likeness (QED) is 0.554. The fourth-order valence-corrected chi connectivity index (χ4v) is 4.29. The average molecular weight is 486 g/mol. The molecule has 35 heavy (non-hydrogen) atoms. The molecule has 0 aliphatic carbocycles. The van der Waals surface area contributed by atoms with E-state index in [2.05, 4.69) is 10.6 Å². The highest BCUT2D eigenvalue weighted by Gasteiger charge is 2.34. The number of amides is 3. The van der Waals surface area contributed by atoms with Gasteiger partial charge in [0, 0.05) is 37.9 Å². The van der Waals surface area contributed by atoms with Crippen LogP contribution in [0.25, 0.3) is 0 Å². The SMILES string of the molecule is COCCNC(=O)[C@@H](NC(=O)c1ccc2c(c1)OCO2)C1CCN(C(=O)c2cccc(F)c2)CC1. The molecular weight excluding hydrogens is 457 g/mol. The summed E-state index contributed by atoms with van der Waals surface area (Å²) in [4.78, 5) is 40.4. The Labute approximate surface area is 202 Å². The minimum Gasteiger partial charge on any atom is -0.454 e. The number of fused-ring (bicyclic) bond motifs is 1. The van der Waals surface area contributed by atoms with Crippen molar-refractivity contribution in [1.29, 1.82) is 0 Å². The zero-order chi connectivity index (χ0) is 24.8. The predicted molar refractivity (Wildman–Crippen MR) is 124 cm³/mol. The second kappa shape index (κ2) is 11.2. The number of carbonyl (C=O) groups excluding carboxylic acids is 3. The van der Waals surface area contributed by atoms with Crippen LogP contribution in [0.4, 0.5) is 4.39 Å². The number of benzene rings is 2. The van der Waals surface area contributed by atoms with E-state index in [-0.39, 0.29) is 30.1 Å². The number of hydrogen-bond donors (Lipinski definition) is 2. The molecule has 3 amide bonds. The fourth-order valence-electron chi connectivity index (χ4n) is 4.29. The topological polar surface area (TPSA) is 106 Å². The molecule has 1 fully saturated rings. The van der Waals surface area contributed by atoms with E-state index in [4.69, 9.17) is 14.2 Å². The van der Waals surface area contributed by atoms with Crippen LogP contribution in [0.15, 0.2) is 42.5 Å². The summed E-state index contributed by atoms with van der Waals surface area (Å²) in [7, 11) is 1.54. The third-order valence-electron chi connectivity index (χ3n) is 6.18. The number of ether oxygens (including phenoxy) is 3. The molecule has 1 atom stereocenters. The monoisotopic (exact) mass is 485 g/mol. The molecule has 2 heterocycles. The molecule has 2 aromatic carbocycles. The smallest absolute Gasteiger partial charge is 0.253 e. The number of carbonyl (C=O) groups is 3. The number of halogens is 1. The maximum Gasteiger partial charge on any atom is 0.253 e. The molecular formula is C25H28FN3O6. The summed E-state index contributed by atoms with van der Waals surface area (Å²) in [6.07, 6.45) is 1.01. The Balaban J connectivity index is 1.43. The molecule has 2 aliphatic rings. The molecule has 0 radical (unpaired) electrons. The van der Waals surface area contributed by atoms with Gasteiger partial charge in [0.25, 0.3) is 11.8 Å². The third-order valence-corrected chi connectivity index (χ3v) is 6.18. The first-order chi connectivity index (χ1) is 17.0. The maximum absolute atomic E-state index is 13.5. The second-order valence-corrected chi connectivity index (χ2v) is 8.44. The van der Waals surface area contributed by atoms with Gasteiger partial charge in [0.15, 0.2) is 11.5 Å². The van der Waals surface area contributed by atoms with Gasteiger partial charge in [-0.2, -0.15) is 0 Å². The molecule has 1 saturated heterocycles. The van der Waals surface area contributed by atoms with Gasteiger partial charge < -0.3 is 29.7 Å². The molecule has 0 aromatic heterocycles. The number of piperidine rings is 1. The van der Waals surface area contributed by atoms with E-state index in [0.29, 0.717) is 56.1 Å². The Kier molecular flexibility index (Phi) is 7.81. The van der Waals surface area contributed by atoms with Crippen LogP contribution in [0.1, 0.15) is 33.6 Å². The van der Waals surface area contributed by atoms with Crippen molar-refractivity contribution in [2.75, 3.05) is 40.1 Å². The van der Waals surface area contributed by atoms with E-state index >= 15 is 0 Å². The number of hydrogen-bond acceptors (Lipinski definition) is 6. The normalized spacial score (nSPS) is 16.0. The zero-order valence-corrected chi connectivity index (χ0v) is 19.4. The fraction of sp³-hybridized carbons (Fsp3) is 0.400. The Hall–Kier alpha value is -3.66. The van der Waals surface area contributed by atoms with Crippen molar-refractivity contribution in [2.24, 2.45) is 5.92 Å². The minimum absolute atomic E-state index is 0.0951. The van der Waals surface area contributed by atoms with Crippen molar-refractivity contribution in [2.45, 2.75) is 18.9 Å². The molecule has 9 nitrogen and oxygen atoms in total. The van der Waals surface area contributed by atoms with Gasteiger partial charge >= 0.3 is 0 Å². The first-order valence-electron chi connectivity index (χ1n) is 11.5. The van der Waals surface area contributed by atoms with Gasteiger partial charge in [-0.15, -0.1) is 0 Å². The molecule has 0 spiro atoms. The standard InChI is InChI=1S/C25H28FN3O6/c1-33-12-9-27-24(31)22(28-23(30)17-5-6-20-21(14-17)35-15-34-20)16-7-10-29(11-8-16)25(32)18-3-2-4-19(26)13-18/h2-6,13-14,16,22H,7-12,15H2,1H3,(H,27,31)(H,28,30)/t22-/m0/s1. The summed E-state index contributed by atoms with van der Waals surface area (Å²) in [5.41, 5.74) is 0.635.